The Kier molecular flexibility index (Phi) is 19.4. The van der Waals surface area contributed by atoms with Gasteiger partial charge in [0.25, 0.3) is 0 Å². The Morgan fingerprint density at radius 2 is 1.61 bits per heavy atom. The molecule has 4 N–H and O–H groups in total. The molecule has 0 radical (unpaired) electrons. The third-order valence-electron chi connectivity index (χ3n) is 5.39. The smallest absolute Gasteiger partial charge is 0.222 e. The third kappa shape index (κ3) is 14.9. The Hall–Kier alpha value is -1.67. The Morgan fingerprint density at radius 1 is 1.03 bits per heavy atom. The molecule has 0 saturated heterocycles. The van der Waals surface area contributed by atoms with Crippen LogP contribution in [0.5, 0.6) is 0 Å². The van der Waals surface area contributed by atoms with E-state index in [1.807, 2.05) is 20.9 Å². The highest BCUT2D eigenvalue weighted by atomic mass is 16.5. The molecule has 0 saturated carbocycles. The summed E-state index contributed by atoms with van der Waals surface area (Å²) in [6.45, 7) is 8.84. The minimum Gasteiger partial charge on any atom is -0.400 e. The van der Waals surface area contributed by atoms with E-state index < -0.39 is 0 Å². The predicted molar refractivity (Wildman–Crippen MR) is 124 cm³/mol. The summed E-state index contributed by atoms with van der Waals surface area (Å²) in [4.78, 5) is 37.5. The highest BCUT2D eigenvalue weighted by Gasteiger charge is 2.33. The first kappa shape index (κ1) is 31.5. The van der Waals surface area contributed by atoms with E-state index in [0.29, 0.717) is 19.4 Å². The number of hydrogen-bond donors (Lipinski definition) is 3. The molecule has 0 spiro atoms. The van der Waals surface area contributed by atoms with Gasteiger partial charge in [0.05, 0.1) is 18.6 Å². The van der Waals surface area contributed by atoms with Gasteiger partial charge in [0, 0.05) is 40.7 Å². The molecular weight excluding hydrogens is 398 g/mol. The first-order valence-electron chi connectivity index (χ1n) is 11.4. The molecule has 0 heterocycles. The van der Waals surface area contributed by atoms with Gasteiger partial charge in [-0.1, -0.05) is 47.0 Å². The molecule has 184 valence electrons. The van der Waals surface area contributed by atoms with Gasteiger partial charge in [-0.3, -0.25) is 14.4 Å². The number of nitrogens with two attached hydrogens (primary N) is 1. The molecule has 3 amide bonds. The van der Waals surface area contributed by atoms with Gasteiger partial charge in [0.1, 0.15) is 0 Å². The summed E-state index contributed by atoms with van der Waals surface area (Å²) >= 11 is 0. The highest BCUT2D eigenvalue weighted by Crippen LogP contribution is 2.22. The van der Waals surface area contributed by atoms with Crippen molar-refractivity contribution < 1.29 is 24.2 Å². The Labute approximate surface area is 189 Å². The van der Waals surface area contributed by atoms with Crippen LogP contribution in [-0.4, -0.2) is 67.7 Å². The molecule has 0 aromatic rings. The standard InChI is InChI=1S/C22H43N3O4.CH4O/c1-7-17(4)22(25(5)21(28)14-16(2)3)18(29-6)15-20(27)24-13-11-9-8-10-12-19(23)26;1-2/h16-18,22H,7-15H2,1-6H3,(H2,23,26)(H,24,27);2H,1H3. The number of aliphatic hydroxyl groups is 1. The third-order valence-corrected chi connectivity index (χ3v) is 5.39. The van der Waals surface area contributed by atoms with Crippen LogP contribution in [0.4, 0.5) is 0 Å². The first-order valence-corrected chi connectivity index (χ1v) is 11.4. The van der Waals surface area contributed by atoms with Crippen LogP contribution < -0.4 is 11.1 Å². The van der Waals surface area contributed by atoms with Crippen LogP contribution in [0.3, 0.4) is 0 Å². The van der Waals surface area contributed by atoms with Gasteiger partial charge in [-0.15, -0.1) is 0 Å². The van der Waals surface area contributed by atoms with Crippen LogP contribution in [-0.2, 0) is 19.1 Å². The lowest BCUT2D eigenvalue weighted by Crippen LogP contribution is -2.50. The van der Waals surface area contributed by atoms with Crippen molar-refractivity contribution in [1.29, 1.82) is 0 Å². The summed E-state index contributed by atoms with van der Waals surface area (Å²) in [6, 6.07) is -0.143. The zero-order valence-corrected chi connectivity index (χ0v) is 20.8. The van der Waals surface area contributed by atoms with Gasteiger partial charge in [0.2, 0.25) is 17.7 Å². The monoisotopic (exact) mass is 445 g/mol. The van der Waals surface area contributed by atoms with Crippen molar-refractivity contribution >= 4 is 17.7 Å². The zero-order chi connectivity index (χ0) is 24.4. The number of carbonyl (C=O) groups excluding carboxylic acids is 3. The van der Waals surface area contributed by atoms with Crippen LogP contribution >= 0.6 is 0 Å². The number of carbonyl (C=O) groups is 3. The molecule has 0 fully saturated rings. The fraction of sp³-hybridized carbons (Fsp3) is 0.870. The van der Waals surface area contributed by atoms with E-state index in [-0.39, 0.29) is 48.1 Å². The topological polar surface area (TPSA) is 122 Å². The molecule has 3 atom stereocenters. The maximum absolute atomic E-state index is 12.6. The minimum atomic E-state index is -0.346. The lowest BCUT2D eigenvalue weighted by atomic mass is 9.90. The highest BCUT2D eigenvalue weighted by molar-refractivity contribution is 5.78. The van der Waals surface area contributed by atoms with Gasteiger partial charge < -0.3 is 25.8 Å². The van der Waals surface area contributed by atoms with E-state index in [2.05, 4.69) is 19.2 Å². The molecule has 0 aliphatic rings. The lowest BCUT2D eigenvalue weighted by molar-refractivity contribution is -0.139. The molecule has 0 aliphatic carbocycles. The number of unbranched alkanes of at least 4 members (excludes halogenated alkanes) is 3. The lowest BCUT2D eigenvalue weighted by Gasteiger charge is -2.38. The summed E-state index contributed by atoms with van der Waals surface area (Å²) in [5.41, 5.74) is 5.12. The van der Waals surface area contributed by atoms with Crippen LogP contribution in [0, 0.1) is 11.8 Å². The molecule has 0 aromatic heterocycles. The van der Waals surface area contributed by atoms with Crippen molar-refractivity contribution in [3.8, 4) is 0 Å². The SMILES string of the molecule is CCC(C)C(C(CC(=O)NCCCCCCC(N)=O)OC)N(C)C(=O)CC(C)C.CO. The molecule has 0 aliphatic heterocycles. The van der Waals surface area contributed by atoms with Gasteiger partial charge in [-0.2, -0.15) is 0 Å². The number of rotatable bonds is 16. The van der Waals surface area contributed by atoms with E-state index >= 15 is 0 Å². The molecule has 3 unspecified atom stereocenters. The number of aliphatic hydroxyl groups excluding tert-OH is 1. The summed E-state index contributed by atoms with van der Waals surface area (Å²) < 4.78 is 5.67. The second kappa shape index (κ2) is 19.0. The summed E-state index contributed by atoms with van der Waals surface area (Å²) in [5.74, 6) is 0.265. The van der Waals surface area contributed by atoms with Gasteiger partial charge in [-0.05, 0) is 24.7 Å². The number of nitrogens with zero attached hydrogens (tertiary/aromatic N) is 1. The fourth-order valence-electron chi connectivity index (χ4n) is 3.50. The van der Waals surface area contributed by atoms with E-state index in [9.17, 15) is 14.4 Å². The summed E-state index contributed by atoms with van der Waals surface area (Å²) in [7, 11) is 4.42. The molecule has 8 nitrogen and oxygen atoms in total. The largest absolute Gasteiger partial charge is 0.400 e. The number of primary amides is 1. The normalized spacial score (nSPS) is 13.6. The molecule has 0 rings (SSSR count). The van der Waals surface area contributed by atoms with Crippen molar-refractivity contribution in [2.45, 2.75) is 91.2 Å². The number of amides is 3. The van der Waals surface area contributed by atoms with E-state index in [1.54, 1.807) is 12.0 Å². The predicted octanol–water partition coefficient (Wildman–Crippen LogP) is 2.47. The molecule has 31 heavy (non-hydrogen) atoms. The average molecular weight is 446 g/mol. The van der Waals surface area contributed by atoms with Crippen LogP contribution in [0.25, 0.3) is 0 Å². The quantitative estimate of drug-likeness (QED) is 0.315. The maximum Gasteiger partial charge on any atom is 0.222 e. The number of methoxy groups -OCH3 is 1. The van der Waals surface area contributed by atoms with Gasteiger partial charge in [0.15, 0.2) is 0 Å². The number of likely N-dealkylation sites (N-methyl/N-ethyl adjacent to an activating group) is 1. The Bertz CT molecular complexity index is 500. The number of hydrogen-bond acceptors (Lipinski definition) is 5. The van der Waals surface area contributed by atoms with Crippen molar-refractivity contribution in [3.63, 3.8) is 0 Å². The van der Waals surface area contributed by atoms with Crippen LogP contribution in [0.1, 0.15) is 79.1 Å². The first-order chi connectivity index (χ1) is 14.6. The number of ether oxygens (including phenoxy) is 1. The molecule has 8 heteroatoms. The van der Waals surface area contributed by atoms with Crippen molar-refractivity contribution in [2.75, 3.05) is 27.8 Å². The van der Waals surface area contributed by atoms with Crippen molar-refractivity contribution in [1.82, 2.24) is 10.2 Å². The zero-order valence-electron chi connectivity index (χ0n) is 20.8. The second-order valence-corrected chi connectivity index (χ2v) is 8.44. The van der Waals surface area contributed by atoms with E-state index in [1.165, 1.54) is 0 Å². The summed E-state index contributed by atoms with van der Waals surface area (Å²) in [6.07, 6.45) is 5.22. The maximum atomic E-state index is 12.6. The van der Waals surface area contributed by atoms with Crippen LogP contribution in [0.15, 0.2) is 0 Å². The second-order valence-electron chi connectivity index (χ2n) is 8.44. The van der Waals surface area contributed by atoms with Crippen molar-refractivity contribution in [3.05, 3.63) is 0 Å². The Balaban J connectivity index is 0. The van der Waals surface area contributed by atoms with Gasteiger partial charge in [-0.25, -0.2) is 0 Å². The molecule has 0 bridgehead atoms. The minimum absolute atomic E-state index is 0.0630. The number of nitrogens with one attached hydrogen (secondary N) is 1. The Morgan fingerprint density at radius 3 is 2.10 bits per heavy atom. The average Bonchev–Trinajstić information content (AvgIpc) is 2.72. The van der Waals surface area contributed by atoms with Crippen LogP contribution in [0.2, 0.25) is 0 Å². The molecule has 0 aromatic carbocycles. The van der Waals surface area contributed by atoms with E-state index in [0.717, 1.165) is 39.2 Å². The summed E-state index contributed by atoms with van der Waals surface area (Å²) in [5, 5.41) is 9.95. The van der Waals surface area contributed by atoms with Gasteiger partial charge >= 0.3 is 0 Å². The molecular formula is C23H47N3O5. The fourth-order valence-corrected chi connectivity index (χ4v) is 3.50. The van der Waals surface area contributed by atoms with Crippen molar-refractivity contribution in [2.24, 2.45) is 17.6 Å². The van der Waals surface area contributed by atoms with E-state index in [4.69, 9.17) is 15.6 Å².